The van der Waals surface area contributed by atoms with Crippen molar-refractivity contribution < 1.29 is 14.3 Å². The molecule has 1 rings (SSSR count). The third-order valence-electron chi connectivity index (χ3n) is 2.05. The van der Waals surface area contributed by atoms with Gasteiger partial charge in [0, 0.05) is 12.0 Å². The highest BCUT2D eigenvalue weighted by atomic mass is 35.5. The van der Waals surface area contributed by atoms with Crippen molar-refractivity contribution in [3.8, 4) is 6.07 Å². The van der Waals surface area contributed by atoms with Crippen LogP contribution in [0, 0.1) is 11.3 Å². The number of nitriles is 1. The quantitative estimate of drug-likeness (QED) is 0.672. The van der Waals surface area contributed by atoms with E-state index in [9.17, 15) is 9.59 Å². The highest BCUT2D eigenvalue weighted by Gasteiger charge is 1.99. The molecule has 19 heavy (non-hydrogen) atoms. The number of nitrogens with two attached hydrogens (primary N) is 1. The first-order valence-electron chi connectivity index (χ1n) is 5.52. The lowest BCUT2D eigenvalue weighted by Crippen LogP contribution is -2.05. The van der Waals surface area contributed by atoms with Gasteiger partial charge in [-0.3, -0.25) is 9.59 Å². The third-order valence-corrected chi connectivity index (χ3v) is 2.27. The highest BCUT2D eigenvalue weighted by Crippen LogP contribution is 2.05. The summed E-state index contributed by atoms with van der Waals surface area (Å²) in [6.45, 7) is 0.551. The Labute approximate surface area is 116 Å². The van der Waals surface area contributed by atoms with Crippen LogP contribution in [0.3, 0.4) is 0 Å². The monoisotopic (exact) mass is 282 g/mol. The first-order chi connectivity index (χ1) is 9.04. The number of rotatable bonds is 4. The Morgan fingerprint density at radius 1 is 1.37 bits per heavy atom. The van der Waals surface area contributed by atoms with Crippen molar-refractivity contribution in [1.82, 2.24) is 0 Å². The summed E-state index contributed by atoms with van der Waals surface area (Å²) in [6, 6.07) is 8.08. The van der Waals surface area contributed by atoms with E-state index in [0.717, 1.165) is 0 Å². The second-order valence-corrected chi connectivity index (χ2v) is 3.77. The molecule has 0 fully saturated rings. The maximum Gasteiger partial charge on any atom is 0.305 e. The van der Waals surface area contributed by atoms with E-state index in [1.54, 1.807) is 12.1 Å². The molecule has 0 aromatic heterocycles. The van der Waals surface area contributed by atoms with Crippen LogP contribution in [0.1, 0.15) is 28.8 Å². The van der Waals surface area contributed by atoms with Gasteiger partial charge >= 0.3 is 5.97 Å². The van der Waals surface area contributed by atoms with Crippen LogP contribution in [0.5, 0.6) is 0 Å². The van der Waals surface area contributed by atoms with E-state index in [1.165, 1.54) is 19.2 Å². The van der Waals surface area contributed by atoms with Gasteiger partial charge in [0.05, 0.1) is 18.7 Å². The zero-order valence-electron chi connectivity index (χ0n) is 10.6. The number of halogens is 1. The number of ether oxygens (including phenoxy) is 1. The molecule has 6 heteroatoms. The van der Waals surface area contributed by atoms with E-state index in [2.05, 4.69) is 4.74 Å². The fourth-order valence-electron chi connectivity index (χ4n) is 1.02. The predicted octanol–water partition coefficient (Wildman–Crippen LogP) is 1.84. The van der Waals surface area contributed by atoms with Crippen molar-refractivity contribution in [2.75, 3.05) is 13.7 Å². The fraction of sp³-hybridized carbons (Fsp3) is 0.308. The fourth-order valence-corrected chi connectivity index (χ4v) is 1.15. The minimum Gasteiger partial charge on any atom is -0.469 e. The van der Waals surface area contributed by atoms with Crippen molar-refractivity contribution in [1.29, 1.82) is 5.26 Å². The largest absolute Gasteiger partial charge is 0.469 e. The molecule has 5 nitrogen and oxygen atoms in total. The molecule has 0 saturated carbocycles. The molecule has 0 amide bonds. The van der Waals surface area contributed by atoms with Gasteiger partial charge in [0.25, 0.3) is 5.24 Å². The summed E-state index contributed by atoms with van der Waals surface area (Å²) in [6.07, 6.45) is 1.15. The summed E-state index contributed by atoms with van der Waals surface area (Å²) >= 11 is 5.18. The Hall–Kier alpha value is -1.90. The number of esters is 1. The van der Waals surface area contributed by atoms with Crippen molar-refractivity contribution in [3.63, 3.8) is 0 Å². The number of carbonyl (C=O) groups is 2. The standard InChI is InChI=1S/C8H4ClNO.C5H11NO2/c9-8(11)7-3-1-6(5-10)2-4-7;1-8-5(7)3-2-4-6/h1-4H;2-4,6H2,1H3. The third kappa shape index (κ3) is 7.92. The lowest BCUT2D eigenvalue weighted by molar-refractivity contribution is -0.140. The first-order valence-corrected chi connectivity index (χ1v) is 5.89. The van der Waals surface area contributed by atoms with Crippen LogP contribution in [-0.4, -0.2) is 24.9 Å². The maximum absolute atomic E-state index is 10.5. The zero-order valence-corrected chi connectivity index (χ0v) is 11.3. The Balaban J connectivity index is 0.000000362. The van der Waals surface area contributed by atoms with E-state index in [-0.39, 0.29) is 5.97 Å². The summed E-state index contributed by atoms with van der Waals surface area (Å²) in [4.78, 5) is 20.8. The van der Waals surface area contributed by atoms with E-state index in [0.29, 0.717) is 30.5 Å². The van der Waals surface area contributed by atoms with Crippen molar-refractivity contribution >= 4 is 22.8 Å². The second kappa shape index (κ2) is 10.1. The summed E-state index contributed by atoms with van der Waals surface area (Å²) in [5.74, 6) is -0.185. The molecule has 0 atom stereocenters. The lowest BCUT2D eigenvalue weighted by atomic mass is 10.2. The zero-order chi connectivity index (χ0) is 14.7. The van der Waals surface area contributed by atoms with Gasteiger partial charge in [-0.05, 0) is 48.8 Å². The van der Waals surface area contributed by atoms with E-state index in [1.807, 2.05) is 6.07 Å². The molecule has 0 unspecified atom stereocenters. The summed E-state index contributed by atoms with van der Waals surface area (Å²) in [5.41, 5.74) is 6.05. The van der Waals surface area contributed by atoms with Gasteiger partial charge in [-0.1, -0.05) is 0 Å². The van der Waals surface area contributed by atoms with Crippen LogP contribution in [0.2, 0.25) is 0 Å². The first kappa shape index (κ1) is 17.1. The average Bonchev–Trinajstić information content (AvgIpc) is 2.45. The van der Waals surface area contributed by atoms with Gasteiger partial charge in [0.15, 0.2) is 0 Å². The Kier molecular flexibility index (Phi) is 9.06. The molecule has 0 saturated heterocycles. The van der Waals surface area contributed by atoms with E-state index >= 15 is 0 Å². The Morgan fingerprint density at radius 2 is 1.95 bits per heavy atom. The molecule has 0 radical (unpaired) electrons. The molecule has 0 spiro atoms. The molecule has 0 aliphatic heterocycles. The van der Waals surface area contributed by atoms with Crippen molar-refractivity contribution in [3.05, 3.63) is 35.4 Å². The van der Waals surface area contributed by atoms with Gasteiger partial charge in [0.2, 0.25) is 0 Å². The van der Waals surface area contributed by atoms with Crippen LogP contribution in [0.25, 0.3) is 0 Å². The summed E-state index contributed by atoms with van der Waals surface area (Å²) in [7, 11) is 1.37. The van der Waals surface area contributed by atoms with Crippen molar-refractivity contribution in [2.45, 2.75) is 12.8 Å². The number of carbonyl (C=O) groups excluding carboxylic acids is 2. The van der Waals surface area contributed by atoms with E-state index in [4.69, 9.17) is 22.6 Å². The summed E-state index contributed by atoms with van der Waals surface area (Å²) < 4.78 is 4.36. The molecule has 0 heterocycles. The molecular weight excluding hydrogens is 268 g/mol. The number of hydrogen-bond donors (Lipinski definition) is 1. The SMILES string of the molecule is COC(=O)CCCN.N#Cc1ccc(C(=O)Cl)cc1. The molecule has 102 valence electrons. The summed E-state index contributed by atoms with van der Waals surface area (Å²) in [5, 5.41) is 7.89. The minimum atomic E-state index is -0.505. The molecule has 0 aliphatic rings. The number of hydrogen-bond acceptors (Lipinski definition) is 5. The molecule has 0 bridgehead atoms. The predicted molar refractivity (Wildman–Crippen MR) is 71.6 cm³/mol. The number of nitrogens with zero attached hydrogens (tertiary/aromatic N) is 1. The normalized spacial score (nSPS) is 8.74. The number of benzene rings is 1. The molecule has 0 aliphatic carbocycles. The van der Waals surface area contributed by atoms with Crippen LogP contribution >= 0.6 is 11.6 Å². The molecule has 1 aromatic rings. The van der Waals surface area contributed by atoms with Gasteiger partial charge in [-0.2, -0.15) is 5.26 Å². The smallest absolute Gasteiger partial charge is 0.305 e. The van der Waals surface area contributed by atoms with Crippen molar-refractivity contribution in [2.24, 2.45) is 5.73 Å². The van der Waals surface area contributed by atoms with Gasteiger partial charge in [-0.15, -0.1) is 0 Å². The number of methoxy groups -OCH3 is 1. The highest BCUT2D eigenvalue weighted by molar-refractivity contribution is 6.67. The average molecular weight is 283 g/mol. The maximum atomic E-state index is 10.5. The van der Waals surface area contributed by atoms with Crippen LogP contribution in [0.15, 0.2) is 24.3 Å². The molecular formula is C13H15ClN2O3. The topological polar surface area (TPSA) is 93.2 Å². The van der Waals surface area contributed by atoms with Gasteiger partial charge < -0.3 is 10.5 Å². The molecule has 2 N–H and O–H groups in total. The Morgan fingerprint density at radius 3 is 2.32 bits per heavy atom. The van der Waals surface area contributed by atoms with Crippen LogP contribution in [0.4, 0.5) is 0 Å². The second-order valence-electron chi connectivity index (χ2n) is 3.43. The van der Waals surface area contributed by atoms with E-state index < -0.39 is 5.24 Å². The van der Waals surface area contributed by atoms with Crippen LogP contribution < -0.4 is 5.73 Å². The minimum absolute atomic E-state index is 0.185. The molecule has 1 aromatic carbocycles. The van der Waals surface area contributed by atoms with Gasteiger partial charge in [-0.25, -0.2) is 0 Å². The van der Waals surface area contributed by atoms with Crippen LogP contribution in [-0.2, 0) is 9.53 Å². The lowest BCUT2D eigenvalue weighted by Gasteiger charge is -1.93. The Bertz CT molecular complexity index is 452. The van der Waals surface area contributed by atoms with Gasteiger partial charge in [0.1, 0.15) is 0 Å².